The van der Waals surface area contributed by atoms with E-state index in [1.807, 2.05) is 44.2 Å². The second-order valence-electron chi connectivity index (χ2n) is 10.6. The van der Waals surface area contributed by atoms with Crippen LogP contribution in [0.2, 0.25) is 0 Å². The molecule has 0 saturated carbocycles. The first-order valence-corrected chi connectivity index (χ1v) is 16.2. The highest BCUT2D eigenvalue weighted by molar-refractivity contribution is 7.17. The number of rotatable bonds is 13. The first-order valence-electron chi connectivity index (χ1n) is 15.4. The molecule has 1 N–H and O–H groups in total. The number of aromatic nitrogens is 1. The predicted molar refractivity (Wildman–Crippen MR) is 178 cm³/mol. The van der Waals surface area contributed by atoms with Gasteiger partial charge in [0.1, 0.15) is 23.0 Å². The average molecular weight is 657 g/mol. The molecule has 1 fully saturated rings. The number of carbonyl (C=O) groups is 3. The molecular formula is C36H36N2O8S. The van der Waals surface area contributed by atoms with Gasteiger partial charge in [-0.1, -0.05) is 54.7 Å². The molecule has 11 heteroatoms. The zero-order valence-corrected chi connectivity index (χ0v) is 27.5. The molecule has 1 atom stereocenters. The van der Waals surface area contributed by atoms with Crippen LogP contribution in [0.25, 0.3) is 5.76 Å². The SMILES string of the molecule is CCCOc1ccc(C(O)=C2C(=O)C(=O)N(c3nc(C)c(C(=O)OCC)s3)C2c2ccc(OCc3ccccc3)c(OCC)c2)cc1. The molecule has 47 heavy (non-hydrogen) atoms. The summed E-state index contributed by atoms with van der Waals surface area (Å²) in [6, 6.07) is 20.3. The van der Waals surface area contributed by atoms with Gasteiger partial charge in [0.2, 0.25) is 0 Å². The quantitative estimate of drug-likeness (QED) is 0.0700. The van der Waals surface area contributed by atoms with E-state index in [4.69, 9.17) is 18.9 Å². The number of thiazole rings is 1. The average Bonchev–Trinajstić information content (AvgIpc) is 3.59. The van der Waals surface area contributed by atoms with Crippen LogP contribution < -0.4 is 19.1 Å². The van der Waals surface area contributed by atoms with Gasteiger partial charge in [0.25, 0.3) is 5.78 Å². The number of anilines is 1. The highest BCUT2D eigenvalue weighted by Crippen LogP contribution is 2.45. The molecule has 1 aromatic heterocycles. The second-order valence-corrected chi connectivity index (χ2v) is 11.6. The van der Waals surface area contributed by atoms with Gasteiger partial charge in [0.15, 0.2) is 16.6 Å². The topological polar surface area (TPSA) is 124 Å². The van der Waals surface area contributed by atoms with Crippen LogP contribution in [0.4, 0.5) is 5.13 Å². The van der Waals surface area contributed by atoms with Gasteiger partial charge in [0, 0.05) is 5.56 Å². The number of nitrogens with zero attached hydrogens (tertiary/aromatic N) is 2. The van der Waals surface area contributed by atoms with Crippen molar-refractivity contribution in [3.63, 3.8) is 0 Å². The predicted octanol–water partition coefficient (Wildman–Crippen LogP) is 7.02. The van der Waals surface area contributed by atoms with Crippen LogP contribution in [0, 0.1) is 6.92 Å². The van der Waals surface area contributed by atoms with Gasteiger partial charge < -0.3 is 24.1 Å². The molecule has 0 radical (unpaired) electrons. The fourth-order valence-electron chi connectivity index (χ4n) is 5.12. The van der Waals surface area contributed by atoms with Gasteiger partial charge in [-0.15, -0.1) is 0 Å². The van der Waals surface area contributed by atoms with Gasteiger partial charge in [0.05, 0.1) is 37.1 Å². The standard InChI is InChI=1S/C36H36N2O8S/c1-5-19-45-26-16-13-24(14-17-26)31(39)29-30(38(34(41)32(29)40)36-37-22(4)33(47-36)35(42)44-7-3)25-15-18-27(28(20-25)43-6-2)46-21-23-11-9-8-10-12-23/h8-18,20,30,39H,5-7,19,21H2,1-4H3. The number of ketones is 1. The Kier molecular flexibility index (Phi) is 10.6. The number of aliphatic hydroxyl groups is 1. The third-order valence-corrected chi connectivity index (χ3v) is 8.45. The molecule has 1 aliphatic rings. The van der Waals surface area contributed by atoms with Gasteiger partial charge in [-0.25, -0.2) is 9.78 Å². The largest absolute Gasteiger partial charge is 0.507 e. The van der Waals surface area contributed by atoms with E-state index in [-0.39, 0.29) is 27.9 Å². The number of aliphatic hydroxyl groups excluding tert-OH is 1. The second kappa shape index (κ2) is 15.0. The van der Waals surface area contributed by atoms with Crippen LogP contribution in [0.3, 0.4) is 0 Å². The molecule has 1 saturated heterocycles. The van der Waals surface area contributed by atoms with E-state index >= 15 is 0 Å². The fraction of sp³-hybridized carbons (Fsp3) is 0.278. The number of hydrogen-bond donors (Lipinski definition) is 1. The number of benzene rings is 3. The molecule has 1 aliphatic heterocycles. The number of esters is 1. The Bertz CT molecular complexity index is 1780. The summed E-state index contributed by atoms with van der Waals surface area (Å²) in [5, 5.41) is 11.7. The lowest BCUT2D eigenvalue weighted by Crippen LogP contribution is -2.29. The summed E-state index contributed by atoms with van der Waals surface area (Å²) in [6.45, 7) is 8.48. The fourth-order valence-corrected chi connectivity index (χ4v) is 6.11. The lowest BCUT2D eigenvalue weighted by atomic mass is 9.95. The molecule has 1 unspecified atom stereocenters. The minimum Gasteiger partial charge on any atom is -0.507 e. The Hall–Kier alpha value is -5.16. The van der Waals surface area contributed by atoms with Crippen LogP contribution in [-0.2, 0) is 20.9 Å². The van der Waals surface area contributed by atoms with Crippen LogP contribution in [0.15, 0.2) is 78.4 Å². The van der Waals surface area contributed by atoms with Crippen LogP contribution in [0.5, 0.6) is 17.2 Å². The van der Waals surface area contributed by atoms with Gasteiger partial charge >= 0.3 is 11.9 Å². The number of aryl methyl sites for hydroxylation is 1. The zero-order chi connectivity index (χ0) is 33.5. The highest BCUT2D eigenvalue weighted by atomic mass is 32.1. The van der Waals surface area contributed by atoms with Gasteiger partial charge in [-0.05, 0) is 74.7 Å². The number of amides is 1. The third kappa shape index (κ3) is 7.15. The molecule has 4 aromatic rings. The van der Waals surface area contributed by atoms with Crippen molar-refractivity contribution in [2.75, 3.05) is 24.7 Å². The normalized spacial score (nSPS) is 15.5. The Morgan fingerprint density at radius 3 is 2.34 bits per heavy atom. The summed E-state index contributed by atoms with van der Waals surface area (Å²) in [4.78, 5) is 46.1. The van der Waals surface area contributed by atoms with E-state index in [0.717, 1.165) is 23.3 Å². The first kappa shape index (κ1) is 33.2. The smallest absolute Gasteiger partial charge is 0.350 e. The van der Waals surface area contributed by atoms with E-state index < -0.39 is 23.7 Å². The molecule has 10 nitrogen and oxygen atoms in total. The number of Topliss-reactive ketones (excluding diaryl/α,β-unsaturated/α-hetero) is 1. The van der Waals surface area contributed by atoms with E-state index in [0.29, 0.717) is 53.9 Å². The summed E-state index contributed by atoms with van der Waals surface area (Å²) in [6.07, 6.45) is 0.832. The maximum absolute atomic E-state index is 13.8. The van der Waals surface area contributed by atoms with Crippen molar-refractivity contribution in [2.24, 2.45) is 0 Å². The van der Waals surface area contributed by atoms with Crippen molar-refractivity contribution in [3.8, 4) is 17.2 Å². The molecule has 2 heterocycles. The van der Waals surface area contributed by atoms with E-state index in [1.165, 1.54) is 4.90 Å². The lowest BCUT2D eigenvalue weighted by Gasteiger charge is -2.24. The van der Waals surface area contributed by atoms with Crippen molar-refractivity contribution < 1.29 is 38.4 Å². The maximum Gasteiger partial charge on any atom is 0.350 e. The Labute approximate surface area is 277 Å². The van der Waals surface area contributed by atoms with Crippen molar-refractivity contribution >= 4 is 39.9 Å². The monoisotopic (exact) mass is 656 g/mol. The first-order chi connectivity index (χ1) is 22.8. The minimum atomic E-state index is -1.10. The Morgan fingerprint density at radius 2 is 1.66 bits per heavy atom. The number of hydrogen-bond acceptors (Lipinski definition) is 10. The van der Waals surface area contributed by atoms with E-state index in [9.17, 15) is 19.5 Å². The number of carbonyl (C=O) groups excluding carboxylic acids is 3. The summed E-state index contributed by atoms with van der Waals surface area (Å²) >= 11 is 0.942. The van der Waals surface area contributed by atoms with Crippen molar-refractivity contribution in [1.29, 1.82) is 0 Å². The van der Waals surface area contributed by atoms with Gasteiger partial charge in [-0.2, -0.15) is 0 Å². The van der Waals surface area contributed by atoms with Crippen molar-refractivity contribution in [1.82, 2.24) is 4.98 Å². The molecule has 1 amide bonds. The molecule has 0 bridgehead atoms. The van der Waals surface area contributed by atoms with Gasteiger partial charge in [-0.3, -0.25) is 14.5 Å². The summed E-state index contributed by atoms with van der Waals surface area (Å²) in [7, 11) is 0. The van der Waals surface area contributed by atoms with Crippen LogP contribution >= 0.6 is 11.3 Å². The van der Waals surface area contributed by atoms with E-state index in [1.54, 1.807) is 56.3 Å². The molecule has 244 valence electrons. The number of ether oxygens (including phenoxy) is 4. The molecular weight excluding hydrogens is 620 g/mol. The molecule has 5 rings (SSSR count). The Balaban J connectivity index is 1.62. The summed E-state index contributed by atoms with van der Waals surface area (Å²) < 4.78 is 22.9. The Morgan fingerprint density at radius 1 is 0.915 bits per heavy atom. The highest BCUT2D eigenvalue weighted by Gasteiger charge is 2.48. The molecule has 0 spiro atoms. The maximum atomic E-state index is 13.8. The summed E-state index contributed by atoms with van der Waals surface area (Å²) in [5.74, 6) is -1.26. The van der Waals surface area contributed by atoms with Crippen LogP contribution in [0.1, 0.15) is 65.3 Å². The van der Waals surface area contributed by atoms with Crippen molar-refractivity contribution in [3.05, 3.63) is 106 Å². The minimum absolute atomic E-state index is 0.113. The van der Waals surface area contributed by atoms with E-state index in [2.05, 4.69) is 4.98 Å². The molecule has 0 aliphatic carbocycles. The molecule has 3 aromatic carbocycles. The van der Waals surface area contributed by atoms with Crippen LogP contribution in [-0.4, -0.2) is 47.6 Å². The third-order valence-electron chi connectivity index (χ3n) is 7.32. The zero-order valence-electron chi connectivity index (χ0n) is 26.6. The van der Waals surface area contributed by atoms with Crippen molar-refractivity contribution in [2.45, 2.75) is 46.8 Å². The lowest BCUT2D eigenvalue weighted by molar-refractivity contribution is -0.132. The summed E-state index contributed by atoms with van der Waals surface area (Å²) in [5.41, 5.74) is 1.98.